The van der Waals surface area contributed by atoms with Crippen LogP contribution in [0.25, 0.3) is 0 Å². The Labute approximate surface area is 106 Å². The van der Waals surface area contributed by atoms with Crippen LogP contribution in [0.1, 0.15) is 25.8 Å². The Kier molecular flexibility index (Phi) is 3.43. The lowest BCUT2D eigenvalue weighted by atomic mass is 9.89. The zero-order chi connectivity index (χ0) is 11.8. The van der Waals surface area contributed by atoms with Crippen LogP contribution in [0.15, 0.2) is 12.4 Å². The fourth-order valence-electron chi connectivity index (χ4n) is 2.26. The molecule has 1 atom stereocenters. The number of aromatic nitrogens is 1. The summed E-state index contributed by atoms with van der Waals surface area (Å²) in [5.74, 6) is 0. The molecule has 0 unspecified atom stereocenters. The molecular formula is C12H16Cl2N2. The summed E-state index contributed by atoms with van der Waals surface area (Å²) in [6.45, 7) is 5.60. The van der Waals surface area contributed by atoms with Crippen molar-refractivity contribution in [3.05, 3.63) is 28.0 Å². The van der Waals surface area contributed by atoms with Gasteiger partial charge in [0.05, 0.1) is 10.0 Å². The number of nitrogens with zero attached hydrogens (tertiary/aromatic N) is 1. The van der Waals surface area contributed by atoms with Crippen molar-refractivity contribution in [2.45, 2.75) is 32.7 Å². The van der Waals surface area contributed by atoms with Crippen molar-refractivity contribution in [1.82, 2.24) is 10.3 Å². The van der Waals surface area contributed by atoms with Crippen molar-refractivity contribution >= 4 is 23.2 Å². The molecule has 1 aromatic heterocycles. The van der Waals surface area contributed by atoms with E-state index in [4.69, 9.17) is 23.2 Å². The average molecular weight is 259 g/mol. The van der Waals surface area contributed by atoms with Gasteiger partial charge in [0.2, 0.25) is 0 Å². The van der Waals surface area contributed by atoms with E-state index in [1.54, 1.807) is 12.4 Å². The summed E-state index contributed by atoms with van der Waals surface area (Å²) in [5, 5.41) is 4.84. The Morgan fingerprint density at radius 1 is 1.38 bits per heavy atom. The van der Waals surface area contributed by atoms with Crippen LogP contribution in [0, 0.1) is 5.41 Å². The predicted octanol–water partition coefficient (Wildman–Crippen LogP) is 3.32. The van der Waals surface area contributed by atoms with Crippen molar-refractivity contribution in [1.29, 1.82) is 0 Å². The fourth-order valence-corrected chi connectivity index (χ4v) is 2.77. The lowest BCUT2D eigenvalue weighted by Gasteiger charge is -2.16. The van der Waals surface area contributed by atoms with Crippen LogP contribution in [0.4, 0.5) is 0 Å². The van der Waals surface area contributed by atoms with Gasteiger partial charge in [0.1, 0.15) is 0 Å². The van der Waals surface area contributed by atoms with Gasteiger partial charge in [0.15, 0.2) is 0 Å². The molecule has 4 heteroatoms. The predicted molar refractivity (Wildman–Crippen MR) is 68.1 cm³/mol. The largest absolute Gasteiger partial charge is 0.313 e. The summed E-state index contributed by atoms with van der Waals surface area (Å²) in [5.41, 5.74) is 1.38. The molecule has 1 N–H and O–H groups in total. The Morgan fingerprint density at radius 3 is 2.50 bits per heavy atom. The van der Waals surface area contributed by atoms with Gasteiger partial charge in [0, 0.05) is 25.0 Å². The molecule has 2 rings (SSSR count). The first-order valence-corrected chi connectivity index (χ1v) is 6.25. The van der Waals surface area contributed by atoms with E-state index in [0.29, 0.717) is 21.5 Å². The molecule has 0 saturated carbocycles. The van der Waals surface area contributed by atoms with E-state index in [9.17, 15) is 0 Å². The van der Waals surface area contributed by atoms with Crippen LogP contribution in [0.5, 0.6) is 0 Å². The van der Waals surface area contributed by atoms with E-state index in [2.05, 4.69) is 24.1 Å². The summed E-state index contributed by atoms with van der Waals surface area (Å²) in [4.78, 5) is 3.96. The smallest absolute Gasteiger partial charge is 0.0636 e. The first-order chi connectivity index (χ1) is 7.48. The van der Waals surface area contributed by atoms with Gasteiger partial charge < -0.3 is 5.32 Å². The van der Waals surface area contributed by atoms with Crippen molar-refractivity contribution in [3.8, 4) is 0 Å². The van der Waals surface area contributed by atoms with Gasteiger partial charge in [-0.05, 0) is 23.8 Å². The van der Waals surface area contributed by atoms with Crippen LogP contribution < -0.4 is 5.32 Å². The molecular weight excluding hydrogens is 243 g/mol. The lowest BCUT2D eigenvalue weighted by molar-refractivity contribution is 0.401. The van der Waals surface area contributed by atoms with Crippen LogP contribution in [-0.2, 0) is 6.42 Å². The maximum absolute atomic E-state index is 6.10. The Balaban J connectivity index is 2.11. The number of nitrogens with one attached hydrogen (secondary N) is 1. The first kappa shape index (κ1) is 12.2. The zero-order valence-corrected chi connectivity index (χ0v) is 11.1. The van der Waals surface area contributed by atoms with Gasteiger partial charge in [-0.3, -0.25) is 4.98 Å². The number of rotatable bonds is 2. The van der Waals surface area contributed by atoms with E-state index in [1.807, 2.05) is 0 Å². The highest BCUT2D eigenvalue weighted by Crippen LogP contribution is 2.31. The summed E-state index contributed by atoms with van der Waals surface area (Å²) in [7, 11) is 0. The molecule has 88 valence electrons. The highest BCUT2D eigenvalue weighted by Gasteiger charge is 2.31. The van der Waals surface area contributed by atoms with Gasteiger partial charge in [0.25, 0.3) is 0 Å². The SMILES string of the molecule is CC1(C)CN[C@H](Cc2c(Cl)cncc2Cl)C1. The first-order valence-electron chi connectivity index (χ1n) is 5.49. The molecule has 0 radical (unpaired) electrons. The van der Waals surface area contributed by atoms with Crippen molar-refractivity contribution in [3.63, 3.8) is 0 Å². The summed E-state index contributed by atoms with van der Waals surface area (Å²) in [6, 6.07) is 0.465. The number of pyridine rings is 1. The number of hydrogen-bond acceptors (Lipinski definition) is 2. The molecule has 2 heterocycles. The number of hydrogen-bond donors (Lipinski definition) is 1. The van der Waals surface area contributed by atoms with Gasteiger partial charge in [-0.2, -0.15) is 0 Å². The number of halogens is 2. The van der Waals surface area contributed by atoms with E-state index >= 15 is 0 Å². The minimum atomic E-state index is 0.372. The van der Waals surface area contributed by atoms with Crippen LogP contribution in [-0.4, -0.2) is 17.6 Å². The standard InChI is InChI=1S/C12H16Cl2N2/c1-12(2)4-8(16-7-12)3-9-10(13)5-15-6-11(9)14/h5-6,8,16H,3-4,7H2,1-2H3/t8-/m1/s1. The molecule has 2 nitrogen and oxygen atoms in total. The van der Waals surface area contributed by atoms with Gasteiger partial charge in [-0.1, -0.05) is 37.0 Å². The zero-order valence-electron chi connectivity index (χ0n) is 9.56. The van der Waals surface area contributed by atoms with Crippen molar-refractivity contribution in [2.24, 2.45) is 5.41 Å². The molecule has 0 bridgehead atoms. The van der Waals surface area contributed by atoms with Crippen molar-refractivity contribution < 1.29 is 0 Å². The third-order valence-electron chi connectivity index (χ3n) is 3.07. The third kappa shape index (κ3) is 2.68. The van der Waals surface area contributed by atoms with E-state index in [1.165, 1.54) is 0 Å². The van der Waals surface area contributed by atoms with Crippen LogP contribution >= 0.6 is 23.2 Å². The second-order valence-electron chi connectivity index (χ2n) is 5.23. The third-order valence-corrected chi connectivity index (χ3v) is 3.72. The molecule has 0 aliphatic carbocycles. The second kappa shape index (κ2) is 4.52. The minimum Gasteiger partial charge on any atom is -0.313 e. The Bertz CT molecular complexity index is 370. The van der Waals surface area contributed by atoms with E-state index in [0.717, 1.165) is 24.9 Å². The van der Waals surface area contributed by atoms with Crippen molar-refractivity contribution in [2.75, 3.05) is 6.54 Å². The second-order valence-corrected chi connectivity index (χ2v) is 6.05. The normalized spacial score (nSPS) is 23.6. The van der Waals surface area contributed by atoms with E-state index in [-0.39, 0.29) is 0 Å². The molecule has 1 aliphatic rings. The summed E-state index contributed by atoms with van der Waals surface area (Å²) in [6.07, 6.45) is 5.34. The molecule has 1 aliphatic heterocycles. The fraction of sp³-hybridized carbons (Fsp3) is 0.583. The van der Waals surface area contributed by atoms with Gasteiger partial charge in [-0.25, -0.2) is 0 Å². The highest BCUT2D eigenvalue weighted by atomic mass is 35.5. The summed E-state index contributed by atoms with van der Waals surface area (Å²) >= 11 is 12.2. The molecule has 1 fully saturated rings. The van der Waals surface area contributed by atoms with E-state index < -0.39 is 0 Å². The lowest BCUT2D eigenvalue weighted by Crippen LogP contribution is -2.24. The molecule has 0 spiro atoms. The maximum Gasteiger partial charge on any atom is 0.0636 e. The Morgan fingerprint density at radius 2 is 2.00 bits per heavy atom. The minimum absolute atomic E-state index is 0.372. The summed E-state index contributed by atoms with van der Waals surface area (Å²) < 4.78 is 0. The Hall–Kier alpha value is -0.310. The maximum atomic E-state index is 6.10. The highest BCUT2D eigenvalue weighted by molar-refractivity contribution is 6.35. The average Bonchev–Trinajstić information content (AvgIpc) is 2.52. The van der Waals surface area contributed by atoms with Crippen LogP contribution in [0.3, 0.4) is 0 Å². The topological polar surface area (TPSA) is 24.9 Å². The van der Waals surface area contributed by atoms with Gasteiger partial charge in [-0.15, -0.1) is 0 Å². The molecule has 1 saturated heterocycles. The molecule has 16 heavy (non-hydrogen) atoms. The van der Waals surface area contributed by atoms with Gasteiger partial charge >= 0.3 is 0 Å². The van der Waals surface area contributed by atoms with Crippen LogP contribution in [0.2, 0.25) is 10.0 Å². The molecule has 1 aromatic rings. The molecule has 0 aromatic carbocycles. The monoisotopic (exact) mass is 258 g/mol. The molecule has 0 amide bonds. The quantitative estimate of drug-likeness (QED) is 0.881.